The van der Waals surface area contributed by atoms with Crippen molar-refractivity contribution in [3.8, 4) is 34.1 Å². The van der Waals surface area contributed by atoms with Gasteiger partial charge in [-0.1, -0.05) is 124 Å². The summed E-state index contributed by atoms with van der Waals surface area (Å²) in [6.07, 6.45) is 5.88. The van der Waals surface area contributed by atoms with Crippen molar-refractivity contribution in [2.45, 2.75) is 65.6 Å². The number of hydrogen-bond donors (Lipinski definition) is 0. The lowest BCUT2D eigenvalue weighted by atomic mass is 10.1. The molecule has 0 aliphatic rings. The van der Waals surface area contributed by atoms with E-state index in [0.29, 0.717) is 0 Å². The summed E-state index contributed by atoms with van der Waals surface area (Å²) >= 11 is 0. The summed E-state index contributed by atoms with van der Waals surface area (Å²) in [5.74, 6) is 2.78. The zero-order valence-electron chi connectivity index (χ0n) is 25.1. The summed E-state index contributed by atoms with van der Waals surface area (Å²) in [4.78, 5) is 7.93. The molecule has 1 aromatic heterocycles. The third-order valence-corrected chi connectivity index (χ3v) is 7.65. The van der Waals surface area contributed by atoms with Gasteiger partial charge in [-0.05, 0) is 49.2 Å². The minimum absolute atomic E-state index is 0.846. The Morgan fingerprint density at radius 3 is 1.86 bits per heavy atom. The predicted molar refractivity (Wildman–Crippen MR) is 175 cm³/mol. The molecule has 0 aliphatic carbocycles. The van der Waals surface area contributed by atoms with E-state index in [1.165, 1.54) is 35.2 Å². The molecule has 4 nitrogen and oxygen atoms in total. The van der Waals surface area contributed by atoms with Crippen LogP contribution in [0.3, 0.4) is 0 Å². The lowest BCUT2D eigenvalue weighted by Gasteiger charge is -2.24. The first-order valence-electron chi connectivity index (χ1n) is 15.5. The van der Waals surface area contributed by atoms with Crippen LogP contribution in [0.15, 0.2) is 115 Å². The Morgan fingerprint density at radius 2 is 1.21 bits per heavy atom. The van der Waals surface area contributed by atoms with E-state index in [1.807, 2.05) is 30.3 Å². The maximum absolute atomic E-state index is 6.05. The SMILES string of the molecule is CCCCCn1c(-c2ccccc2)nc(-c2ccccc2)c1CN(CCCC)Cc1ccc(Oc2ccccc2)cc1. The van der Waals surface area contributed by atoms with E-state index < -0.39 is 0 Å². The highest BCUT2D eigenvalue weighted by Crippen LogP contribution is 2.32. The lowest BCUT2D eigenvalue weighted by Crippen LogP contribution is -2.26. The normalized spacial score (nSPS) is 11.2. The second kappa shape index (κ2) is 15.2. The Morgan fingerprint density at radius 1 is 0.619 bits per heavy atom. The molecule has 42 heavy (non-hydrogen) atoms. The summed E-state index contributed by atoms with van der Waals surface area (Å²) in [5, 5.41) is 0. The predicted octanol–water partition coefficient (Wildman–Crippen LogP) is 10.0. The number of para-hydroxylation sites is 1. The van der Waals surface area contributed by atoms with Crippen LogP contribution in [0.5, 0.6) is 11.5 Å². The van der Waals surface area contributed by atoms with Crippen LogP contribution in [-0.2, 0) is 19.6 Å². The Balaban J connectivity index is 1.47. The van der Waals surface area contributed by atoms with Crippen LogP contribution >= 0.6 is 0 Å². The molecule has 5 rings (SSSR count). The Hall–Kier alpha value is -4.15. The Kier molecular flexibility index (Phi) is 10.6. The summed E-state index contributed by atoms with van der Waals surface area (Å²) < 4.78 is 8.55. The first kappa shape index (κ1) is 29.3. The maximum atomic E-state index is 6.05. The van der Waals surface area contributed by atoms with E-state index in [9.17, 15) is 0 Å². The van der Waals surface area contributed by atoms with E-state index >= 15 is 0 Å². The summed E-state index contributed by atoms with van der Waals surface area (Å²) in [7, 11) is 0. The molecule has 0 spiro atoms. The van der Waals surface area contributed by atoms with E-state index in [-0.39, 0.29) is 0 Å². The molecule has 0 saturated carbocycles. The van der Waals surface area contributed by atoms with Crippen molar-refractivity contribution in [3.05, 3.63) is 127 Å². The molecule has 4 heteroatoms. The van der Waals surface area contributed by atoms with Crippen LogP contribution in [0.1, 0.15) is 57.2 Å². The van der Waals surface area contributed by atoms with Gasteiger partial charge in [0.2, 0.25) is 0 Å². The highest BCUT2D eigenvalue weighted by atomic mass is 16.5. The molecular weight excluding hydrogens is 514 g/mol. The van der Waals surface area contributed by atoms with Gasteiger partial charge in [-0.2, -0.15) is 0 Å². The number of unbranched alkanes of at least 4 members (excludes halogenated alkanes) is 3. The van der Waals surface area contributed by atoms with Crippen molar-refractivity contribution in [3.63, 3.8) is 0 Å². The molecule has 0 atom stereocenters. The van der Waals surface area contributed by atoms with Crippen LogP contribution in [0.4, 0.5) is 0 Å². The van der Waals surface area contributed by atoms with Crippen molar-refractivity contribution in [2.75, 3.05) is 6.54 Å². The van der Waals surface area contributed by atoms with E-state index in [2.05, 4.69) is 108 Å². The van der Waals surface area contributed by atoms with Crippen LogP contribution in [0.25, 0.3) is 22.6 Å². The number of imidazole rings is 1. The fourth-order valence-electron chi connectivity index (χ4n) is 5.40. The molecule has 0 saturated heterocycles. The van der Waals surface area contributed by atoms with Crippen LogP contribution in [0, 0.1) is 0 Å². The molecule has 0 amide bonds. The van der Waals surface area contributed by atoms with E-state index in [4.69, 9.17) is 9.72 Å². The third-order valence-electron chi connectivity index (χ3n) is 7.65. The van der Waals surface area contributed by atoms with Crippen molar-refractivity contribution >= 4 is 0 Å². The van der Waals surface area contributed by atoms with Gasteiger partial charge >= 0.3 is 0 Å². The monoisotopic (exact) mass is 557 g/mol. The Labute approximate surface area is 251 Å². The third kappa shape index (κ3) is 7.77. The van der Waals surface area contributed by atoms with Crippen LogP contribution in [-0.4, -0.2) is 21.0 Å². The highest BCUT2D eigenvalue weighted by Gasteiger charge is 2.22. The minimum Gasteiger partial charge on any atom is -0.457 e. The van der Waals surface area contributed by atoms with Gasteiger partial charge in [0.1, 0.15) is 17.3 Å². The number of aromatic nitrogens is 2. The fraction of sp³-hybridized carbons (Fsp3) is 0.289. The van der Waals surface area contributed by atoms with Crippen molar-refractivity contribution < 1.29 is 4.74 Å². The summed E-state index contributed by atoms with van der Waals surface area (Å²) in [5.41, 5.74) is 6.03. The number of rotatable bonds is 15. The second-order valence-corrected chi connectivity index (χ2v) is 10.9. The van der Waals surface area contributed by atoms with E-state index in [0.717, 1.165) is 68.5 Å². The molecule has 1 heterocycles. The molecule has 0 N–H and O–H groups in total. The molecular formula is C38H43N3O. The molecule has 216 valence electrons. The number of nitrogens with zero attached hydrogens (tertiary/aromatic N) is 3. The average Bonchev–Trinajstić information content (AvgIpc) is 3.40. The molecule has 0 unspecified atom stereocenters. The number of benzene rings is 4. The molecule has 0 bridgehead atoms. The zero-order valence-corrected chi connectivity index (χ0v) is 25.1. The quantitative estimate of drug-likeness (QED) is 0.120. The number of ether oxygens (including phenoxy) is 1. The van der Waals surface area contributed by atoms with Crippen molar-refractivity contribution in [1.82, 2.24) is 14.5 Å². The zero-order chi connectivity index (χ0) is 29.0. The lowest BCUT2D eigenvalue weighted by molar-refractivity contribution is 0.246. The second-order valence-electron chi connectivity index (χ2n) is 10.9. The van der Waals surface area contributed by atoms with Gasteiger partial charge in [0.25, 0.3) is 0 Å². The standard InChI is InChI=1S/C38H43N3O/c1-3-5-16-28-41-36(37(32-17-10-7-11-18-32)39-38(41)33-19-12-8-13-20-33)30-40(27-6-4-2)29-31-23-25-35(26-24-31)42-34-21-14-9-15-22-34/h7-15,17-26H,3-6,16,27-30H2,1-2H3. The first-order valence-corrected chi connectivity index (χ1v) is 15.5. The summed E-state index contributed by atoms with van der Waals surface area (Å²) in [6.45, 7) is 8.27. The number of hydrogen-bond acceptors (Lipinski definition) is 3. The fourth-order valence-corrected chi connectivity index (χ4v) is 5.40. The van der Waals surface area contributed by atoms with Crippen molar-refractivity contribution in [1.29, 1.82) is 0 Å². The molecule has 0 aliphatic heterocycles. The van der Waals surface area contributed by atoms with Crippen LogP contribution in [0.2, 0.25) is 0 Å². The molecule has 5 aromatic rings. The summed E-state index contributed by atoms with van der Waals surface area (Å²) in [6, 6.07) is 39.9. The van der Waals surface area contributed by atoms with Crippen LogP contribution < -0.4 is 4.74 Å². The average molecular weight is 558 g/mol. The van der Waals surface area contributed by atoms with Gasteiger partial charge in [0.05, 0.1) is 11.4 Å². The smallest absolute Gasteiger partial charge is 0.140 e. The molecule has 0 fully saturated rings. The van der Waals surface area contributed by atoms with E-state index in [1.54, 1.807) is 0 Å². The van der Waals surface area contributed by atoms with Gasteiger partial charge in [-0.15, -0.1) is 0 Å². The van der Waals surface area contributed by atoms with Gasteiger partial charge < -0.3 is 9.30 Å². The first-order chi connectivity index (χ1) is 20.7. The largest absolute Gasteiger partial charge is 0.457 e. The minimum atomic E-state index is 0.846. The molecule has 0 radical (unpaired) electrons. The highest BCUT2D eigenvalue weighted by molar-refractivity contribution is 5.68. The van der Waals surface area contributed by atoms with Gasteiger partial charge in [0.15, 0.2) is 0 Å². The topological polar surface area (TPSA) is 30.3 Å². The van der Waals surface area contributed by atoms with Gasteiger partial charge in [0, 0.05) is 30.8 Å². The van der Waals surface area contributed by atoms with Crippen molar-refractivity contribution in [2.24, 2.45) is 0 Å². The molecule has 4 aromatic carbocycles. The Bertz CT molecular complexity index is 1480. The van der Waals surface area contributed by atoms with Gasteiger partial charge in [-0.25, -0.2) is 4.98 Å². The van der Waals surface area contributed by atoms with Gasteiger partial charge in [-0.3, -0.25) is 4.90 Å². The maximum Gasteiger partial charge on any atom is 0.140 e.